The molecule has 2 saturated heterocycles. The number of ketones is 1. The van der Waals surface area contributed by atoms with Crippen molar-refractivity contribution in [2.24, 2.45) is 11.8 Å². The highest BCUT2D eigenvalue weighted by Gasteiger charge is 2.31. The van der Waals surface area contributed by atoms with Crippen LogP contribution in [0.1, 0.15) is 36.0 Å². The van der Waals surface area contributed by atoms with Crippen molar-refractivity contribution < 1.29 is 9.59 Å². The van der Waals surface area contributed by atoms with Gasteiger partial charge in [0.2, 0.25) is 5.91 Å². The van der Waals surface area contributed by atoms with E-state index in [4.69, 9.17) is 11.6 Å². The van der Waals surface area contributed by atoms with Crippen LogP contribution in [0.2, 0.25) is 5.02 Å². The molecule has 0 aromatic heterocycles. The SMILES string of the molecule is Cl.O=C(c1ccc(Cl)cc1)C1CCN(C(=O)C2CCCNC2)CC1. The zero-order valence-electron chi connectivity index (χ0n) is 13.7. The molecule has 2 heterocycles. The maximum Gasteiger partial charge on any atom is 0.226 e. The molecule has 0 radical (unpaired) electrons. The quantitative estimate of drug-likeness (QED) is 0.831. The Morgan fingerprint density at radius 1 is 1.04 bits per heavy atom. The van der Waals surface area contributed by atoms with Crippen LogP contribution >= 0.6 is 24.0 Å². The third-order valence-electron chi connectivity index (χ3n) is 4.95. The second kappa shape index (κ2) is 8.84. The lowest BCUT2D eigenvalue weighted by Gasteiger charge is -2.35. The molecule has 24 heavy (non-hydrogen) atoms. The lowest BCUT2D eigenvalue weighted by Crippen LogP contribution is -2.46. The van der Waals surface area contributed by atoms with Gasteiger partial charge in [-0.3, -0.25) is 9.59 Å². The number of carbonyl (C=O) groups is 2. The van der Waals surface area contributed by atoms with Gasteiger partial charge in [0.05, 0.1) is 5.92 Å². The van der Waals surface area contributed by atoms with Gasteiger partial charge in [0.25, 0.3) is 0 Å². The number of nitrogens with zero attached hydrogens (tertiary/aromatic N) is 1. The van der Waals surface area contributed by atoms with Crippen LogP contribution in [0.3, 0.4) is 0 Å². The van der Waals surface area contributed by atoms with Crippen molar-refractivity contribution in [3.63, 3.8) is 0 Å². The number of nitrogens with one attached hydrogen (secondary N) is 1. The van der Waals surface area contributed by atoms with Gasteiger partial charge < -0.3 is 10.2 Å². The summed E-state index contributed by atoms with van der Waals surface area (Å²) in [6, 6.07) is 7.08. The van der Waals surface area contributed by atoms with Crippen LogP contribution in [0.15, 0.2) is 24.3 Å². The third kappa shape index (κ3) is 4.50. The molecule has 0 spiro atoms. The molecular weight excluding hydrogens is 347 g/mol. The monoisotopic (exact) mass is 370 g/mol. The summed E-state index contributed by atoms with van der Waals surface area (Å²) in [6.07, 6.45) is 3.57. The molecule has 1 N–H and O–H groups in total. The number of benzene rings is 1. The molecule has 132 valence electrons. The van der Waals surface area contributed by atoms with Crippen LogP contribution in [-0.4, -0.2) is 42.8 Å². The predicted molar refractivity (Wildman–Crippen MR) is 97.9 cm³/mol. The normalized spacial score (nSPS) is 21.9. The Labute approximate surface area is 154 Å². The maximum absolute atomic E-state index is 12.5. The minimum Gasteiger partial charge on any atom is -0.342 e. The first-order valence-corrected chi connectivity index (χ1v) is 8.82. The third-order valence-corrected chi connectivity index (χ3v) is 5.20. The summed E-state index contributed by atoms with van der Waals surface area (Å²) in [5, 5.41) is 3.94. The van der Waals surface area contributed by atoms with Gasteiger partial charge in [0.15, 0.2) is 5.78 Å². The number of carbonyl (C=O) groups excluding carboxylic acids is 2. The number of piperidine rings is 2. The highest BCUT2D eigenvalue weighted by molar-refractivity contribution is 6.30. The molecule has 1 atom stereocenters. The molecule has 3 rings (SSSR count). The summed E-state index contributed by atoms with van der Waals surface area (Å²) < 4.78 is 0. The van der Waals surface area contributed by atoms with Crippen molar-refractivity contribution in [3.05, 3.63) is 34.9 Å². The Bertz CT molecular complexity index is 563. The predicted octanol–water partition coefficient (Wildman–Crippen LogP) is 3.18. The fourth-order valence-corrected chi connectivity index (χ4v) is 3.66. The molecule has 4 nitrogen and oxygen atoms in total. The fourth-order valence-electron chi connectivity index (χ4n) is 3.53. The van der Waals surface area contributed by atoms with Crippen molar-refractivity contribution in [2.75, 3.05) is 26.2 Å². The Balaban J connectivity index is 0.00000208. The van der Waals surface area contributed by atoms with Crippen LogP contribution in [0.5, 0.6) is 0 Å². The Hall–Kier alpha value is -1.10. The molecular formula is C18H24Cl2N2O2. The van der Waals surface area contributed by atoms with Crippen molar-refractivity contribution in [1.82, 2.24) is 10.2 Å². The van der Waals surface area contributed by atoms with Gasteiger partial charge in [0.1, 0.15) is 0 Å². The average Bonchev–Trinajstić information content (AvgIpc) is 2.62. The molecule has 1 amide bonds. The Kier molecular flexibility index (Phi) is 7.08. The van der Waals surface area contributed by atoms with Gasteiger partial charge in [-0.15, -0.1) is 12.4 Å². The van der Waals surface area contributed by atoms with E-state index in [-0.39, 0.29) is 35.9 Å². The number of hydrogen-bond acceptors (Lipinski definition) is 3. The van der Waals surface area contributed by atoms with E-state index in [1.165, 1.54) is 0 Å². The standard InChI is InChI=1S/C18H23ClN2O2.ClH/c19-16-5-3-13(4-6-16)17(22)14-7-10-21(11-8-14)18(23)15-2-1-9-20-12-15;/h3-6,14-15,20H,1-2,7-12H2;1H. The number of likely N-dealkylation sites (tertiary alicyclic amines) is 1. The lowest BCUT2D eigenvalue weighted by atomic mass is 9.88. The largest absolute Gasteiger partial charge is 0.342 e. The van der Waals surface area contributed by atoms with E-state index in [9.17, 15) is 9.59 Å². The van der Waals surface area contributed by atoms with Crippen molar-refractivity contribution in [1.29, 1.82) is 0 Å². The van der Waals surface area contributed by atoms with Crippen molar-refractivity contribution >= 4 is 35.7 Å². The van der Waals surface area contributed by atoms with E-state index in [0.717, 1.165) is 44.3 Å². The van der Waals surface area contributed by atoms with Gasteiger partial charge in [0, 0.05) is 36.1 Å². The van der Waals surface area contributed by atoms with Gasteiger partial charge in [-0.2, -0.15) is 0 Å². The zero-order chi connectivity index (χ0) is 16.2. The fraction of sp³-hybridized carbons (Fsp3) is 0.556. The van der Waals surface area contributed by atoms with Crippen molar-refractivity contribution in [2.45, 2.75) is 25.7 Å². The van der Waals surface area contributed by atoms with Crippen LogP contribution in [0, 0.1) is 11.8 Å². The number of amides is 1. The summed E-state index contributed by atoms with van der Waals surface area (Å²) in [7, 11) is 0. The highest BCUT2D eigenvalue weighted by atomic mass is 35.5. The second-order valence-electron chi connectivity index (χ2n) is 6.51. The molecule has 2 aliphatic rings. The molecule has 2 aliphatic heterocycles. The molecule has 1 aromatic rings. The van der Waals surface area contributed by atoms with E-state index in [2.05, 4.69) is 5.32 Å². The van der Waals surface area contributed by atoms with Crippen LogP contribution in [-0.2, 0) is 4.79 Å². The molecule has 0 bridgehead atoms. The smallest absolute Gasteiger partial charge is 0.226 e. The number of halogens is 2. The van der Waals surface area contributed by atoms with Crippen LogP contribution in [0.25, 0.3) is 0 Å². The van der Waals surface area contributed by atoms with Gasteiger partial charge >= 0.3 is 0 Å². The van der Waals surface area contributed by atoms with Gasteiger partial charge in [-0.25, -0.2) is 0 Å². The van der Waals surface area contributed by atoms with Gasteiger partial charge in [-0.05, 0) is 56.5 Å². The summed E-state index contributed by atoms with van der Waals surface area (Å²) >= 11 is 5.87. The maximum atomic E-state index is 12.5. The first-order valence-electron chi connectivity index (χ1n) is 8.44. The molecule has 2 fully saturated rings. The van der Waals surface area contributed by atoms with Crippen LogP contribution < -0.4 is 5.32 Å². The minimum absolute atomic E-state index is 0. The zero-order valence-corrected chi connectivity index (χ0v) is 15.2. The number of rotatable bonds is 3. The summed E-state index contributed by atoms with van der Waals surface area (Å²) in [5.41, 5.74) is 0.718. The summed E-state index contributed by atoms with van der Waals surface area (Å²) in [4.78, 5) is 27.0. The topological polar surface area (TPSA) is 49.4 Å². The first kappa shape index (κ1) is 19.2. The lowest BCUT2D eigenvalue weighted by molar-refractivity contribution is -0.137. The molecule has 6 heteroatoms. The van der Waals surface area contributed by atoms with E-state index in [1.54, 1.807) is 24.3 Å². The molecule has 1 unspecified atom stereocenters. The van der Waals surface area contributed by atoms with Crippen LogP contribution in [0.4, 0.5) is 0 Å². The Morgan fingerprint density at radius 3 is 2.29 bits per heavy atom. The summed E-state index contributed by atoms with van der Waals surface area (Å²) in [5.74, 6) is 0.569. The summed E-state index contributed by atoms with van der Waals surface area (Å²) in [6.45, 7) is 3.20. The Morgan fingerprint density at radius 2 is 1.71 bits per heavy atom. The molecule has 0 aliphatic carbocycles. The van der Waals surface area contributed by atoms with Crippen molar-refractivity contribution in [3.8, 4) is 0 Å². The average molecular weight is 371 g/mol. The molecule has 0 saturated carbocycles. The number of Topliss-reactive ketones (excluding diaryl/α,β-unsaturated/α-hetero) is 1. The van der Waals surface area contributed by atoms with Gasteiger partial charge in [-0.1, -0.05) is 11.6 Å². The van der Waals surface area contributed by atoms with E-state index in [1.807, 2.05) is 4.90 Å². The van der Waals surface area contributed by atoms with E-state index < -0.39 is 0 Å². The van der Waals surface area contributed by atoms with E-state index >= 15 is 0 Å². The second-order valence-corrected chi connectivity index (χ2v) is 6.95. The first-order chi connectivity index (χ1) is 11.1. The molecule has 1 aromatic carbocycles. The number of hydrogen-bond donors (Lipinski definition) is 1. The highest BCUT2D eigenvalue weighted by Crippen LogP contribution is 2.24. The van der Waals surface area contributed by atoms with E-state index in [0.29, 0.717) is 18.1 Å². The minimum atomic E-state index is 0.